The summed E-state index contributed by atoms with van der Waals surface area (Å²) < 4.78 is 15.8. The van der Waals surface area contributed by atoms with Crippen molar-refractivity contribution in [3.05, 3.63) is 52.5 Å². The van der Waals surface area contributed by atoms with Crippen LogP contribution in [0.5, 0.6) is 17.2 Å². The molecule has 1 N–H and O–H groups in total. The zero-order chi connectivity index (χ0) is 20.7. The van der Waals surface area contributed by atoms with Crippen LogP contribution in [0, 0.1) is 6.92 Å². The Bertz CT molecular complexity index is 855. The Kier molecular flexibility index (Phi) is 7.52. The Hall–Kier alpha value is -2.93. The SMILES string of the molecule is COc1ccc(C(CC(=O)[O-])NC(=O)COc2ccc(Cl)c(C)c2)cc1OC. The number of amides is 1. The van der Waals surface area contributed by atoms with Gasteiger partial charge in [-0.25, -0.2) is 0 Å². The van der Waals surface area contributed by atoms with Crippen LogP contribution in [0.2, 0.25) is 5.02 Å². The molecule has 0 radical (unpaired) electrons. The van der Waals surface area contributed by atoms with Crippen molar-refractivity contribution in [1.29, 1.82) is 0 Å². The number of carboxylic acids is 1. The highest BCUT2D eigenvalue weighted by atomic mass is 35.5. The molecular weight excluding hydrogens is 386 g/mol. The van der Waals surface area contributed by atoms with Gasteiger partial charge in [0, 0.05) is 17.4 Å². The number of ether oxygens (including phenoxy) is 3. The molecule has 0 aromatic heterocycles. The first kappa shape index (κ1) is 21.4. The fourth-order valence-corrected chi connectivity index (χ4v) is 2.70. The molecule has 0 bridgehead atoms. The minimum Gasteiger partial charge on any atom is -0.550 e. The number of aliphatic carboxylic acids is 1. The van der Waals surface area contributed by atoms with E-state index in [2.05, 4.69) is 5.32 Å². The Morgan fingerprint density at radius 1 is 1.11 bits per heavy atom. The third-order valence-electron chi connectivity index (χ3n) is 4.02. The van der Waals surface area contributed by atoms with Gasteiger partial charge in [0.25, 0.3) is 5.91 Å². The Labute approximate surface area is 168 Å². The molecule has 0 saturated carbocycles. The molecule has 2 aromatic rings. The number of aryl methyl sites for hydroxylation is 1. The van der Waals surface area contributed by atoms with Crippen molar-refractivity contribution < 1.29 is 28.9 Å². The monoisotopic (exact) mass is 406 g/mol. The molecule has 1 unspecified atom stereocenters. The highest BCUT2D eigenvalue weighted by molar-refractivity contribution is 6.31. The predicted molar refractivity (Wildman–Crippen MR) is 102 cm³/mol. The number of rotatable bonds is 9. The Morgan fingerprint density at radius 2 is 1.82 bits per heavy atom. The van der Waals surface area contributed by atoms with Gasteiger partial charge in [0.15, 0.2) is 18.1 Å². The summed E-state index contributed by atoms with van der Waals surface area (Å²) in [7, 11) is 2.96. The van der Waals surface area contributed by atoms with Crippen LogP contribution in [0.25, 0.3) is 0 Å². The highest BCUT2D eigenvalue weighted by Gasteiger charge is 2.18. The number of hydrogen-bond donors (Lipinski definition) is 1. The van der Waals surface area contributed by atoms with E-state index in [4.69, 9.17) is 25.8 Å². The molecule has 1 atom stereocenters. The molecule has 2 rings (SSSR count). The van der Waals surface area contributed by atoms with E-state index < -0.39 is 24.3 Å². The number of carboxylic acid groups (broad SMARTS) is 1. The van der Waals surface area contributed by atoms with Crippen molar-refractivity contribution in [2.45, 2.75) is 19.4 Å². The molecule has 8 heteroatoms. The van der Waals surface area contributed by atoms with Gasteiger partial charge in [-0.3, -0.25) is 4.79 Å². The summed E-state index contributed by atoms with van der Waals surface area (Å²) in [5.74, 6) is -0.376. The molecule has 0 aliphatic rings. The van der Waals surface area contributed by atoms with Gasteiger partial charge in [-0.2, -0.15) is 0 Å². The molecular formula is C20H21ClNO6-. The van der Waals surface area contributed by atoms with Crippen molar-refractivity contribution in [1.82, 2.24) is 5.32 Å². The standard InChI is InChI=1S/C20H22ClNO6/c1-12-8-14(5-6-15(12)21)28-11-19(23)22-16(10-20(24)25)13-4-7-17(26-2)18(9-13)27-3/h4-9,16H,10-11H2,1-3H3,(H,22,23)(H,24,25)/p-1. The lowest BCUT2D eigenvalue weighted by molar-refractivity contribution is -0.306. The Morgan fingerprint density at radius 3 is 2.43 bits per heavy atom. The summed E-state index contributed by atoms with van der Waals surface area (Å²) in [5, 5.41) is 14.4. The molecule has 7 nitrogen and oxygen atoms in total. The first-order valence-electron chi connectivity index (χ1n) is 8.44. The summed E-state index contributed by atoms with van der Waals surface area (Å²) in [5.41, 5.74) is 1.36. The van der Waals surface area contributed by atoms with Gasteiger partial charge in [0.1, 0.15) is 5.75 Å². The van der Waals surface area contributed by atoms with Crippen molar-refractivity contribution in [2.24, 2.45) is 0 Å². The van der Waals surface area contributed by atoms with Gasteiger partial charge < -0.3 is 29.4 Å². The third kappa shape index (κ3) is 5.79. The maximum atomic E-state index is 12.3. The van der Waals surface area contributed by atoms with E-state index >= 15 is 0 Å². The molecule has 0 heterocycles. The van der Waals surface area contributed by atoms with Crippen LogP contribution in [0.4, 0.5) is 0 Å². The summed E-state index contributed by atoms with van der Waals surface area (Å²) in [4.78, 5) is 23.4. The number of hydrogen-bond acceptors (Lipinski definition) is 6. The second kappa shape index (κ2) is 9.85. The van der Waals surface area contributed by atoms with Crippen LogP contribution in [0.1, 0.15) is 23.6 Å². The normalized spacial score (nSPS) is 11.4. The second-order valence-electron chi connectivity index (χ2n) is 6.01. The average molecular weight is 407 g/mol. The molecule has 28 heavy (non-hydrogen) atoms. The molecule has 0 saturated heterocycles. The molecule has 0 spiro atoms. The summed E-state index contributed by atoms with van der Waals surface area (Å²) in [6.07, 6.45) is -0.402. The van der Waals surface area contributed by atoms with Gasteiger partial charge in [-0.1, -0.05) is 17.7 Å². The van der Waals surface area contributed by atoms with Crippen LogP contribution in [-0.4, -0.2) is 32.7 Å². The fourth-order valence-electron chi connectivity index (χ4n) is 2.58. The van der Waals surface area contributed by atoms with Crippen molar-refractivity contribution in [2.75, 3.05) is 20.8 Å². The lowest BCUT2D eigenvalue weighted by Crippen LogP contribution is -2.36. The van der Waals surface area contributed by atoms with Gasteiger partial charge in [-0.15, -0.1) is 0 Å². The maximum Gasteiger partial charge on any atom is 0.258 e. The van der Waals surface area contributed by atoms with E-state index in [0.29, 0.717) is 27.8 Å². The molecule has 0 fully saturated rings. The van der Waals surface area contributed by atoms with Crippen LogP contribution >= 0.6 is 11.6 Å². The van der Waals surface area contributed by atoms with Crippen molar-refractivity contribution in [3.8, 4) is 17.2 Å². The van der Waals surface area contributed by atoms with Crippen LogP contribution in [0.15, 0.2) is 36.4 Å². The van der Waals surface area contributed by atoms with E-state index in [1.165, 1.54) is 14.2 Å². The lowest BCUT2D eigenvalue weighted by Gasteiger charge is -2.21. The quantitative estimate of drug-likeness (QED) is 0.684. The zero-order valence-corrected chi connectivity index (χ0v) is 16.5. The molecule has 0 aliphatic carbocycles. The number of carbonyl (C=O) groups excluding carboxylic acids is 2. The lowest BCUT2D eigenvalue weighted by atomic mass is 10.0. The highest BCUT2D eigenvalue weighted by Crippen LogP contribution is 2.31. The predicted octanol–water partition coefficient (Wildman–Crippen LogP) is 2.04. The van der Waals surface area contributed by atoms with Gasteiger partial charge in [0.05, 0.1) is 20.3 Å². The minimum atomic E-state index is -1.30. The zero-order valence-electron chi connectivity index (χ0n) is 15.8. The molecule has 1 amide bonds. The minimum absolute atomic E-state index is 0.280. The molecule has 0 aliphatic heterocycles. The fraction of sp³-hybridized carbons (Fsp3) is 0.300. The topological polar surface area (TPSA) is 96.9 Å². The van der Waals surface area contributed by atoms with Gasteiger partial charge >= 0.3 is 0 Å². The largest absolute Gasteiger partial charge is 0.550 e. The average Bonchev–Trinajstić information content (AvgIpc) is 2.67. The molecule has 2 aromatic carbocycles. The number of nitrogens with one attached hydrogen (secondary N) is 1. The van der Waals surface area contributed by atoms with E-state index in [-0.39, 0.29) is 6.61 Å². The Balaban J connectivity index is 2.09. The molecule has 150 valence electrons. The van der Waals surface area contributed by atoms with E-state index in [1.807, 2.05) is 6.92 Å². The summed E-state index contributed by atoms with van der Waals surface area (Å²) in [6, 6.07) is 9.11. The first-order chi connectivity index (χ1) is 13.3. The summed E-state index contributed by atoms with van der Waals surface area (Å²) >= 11 is 5.96. The van der Waals surface area contributed by atoms with Crippen LogP contribution < -0.4 is 24.6 Å². The third-order valence-corrected chi connectivity index (χ3v) is 4.44. The van der Waals surface area contributed by atoms with Crippen molar-refractivity contribution in [3.63, 3.8) is 0 Å². The number of methoxy groups -OCH3 is 2. The number of benzene rings is 2. The number of carbonyl (C=O) groups is 2. The smallest absolute Gasteiger partial charge is 0.258 e. The van der Waals surface area contributed by atoms with Crippen LogP contribution in [0.3, 0.4) is 0 Å². The van der Waals surface area contributed by atoms with E-state index in [1.54, 1.807) is 36.4 Å². The van der Waals surface area contributed by atoms with Crippen LogP contribution in [-0.2, 0) is 9.59 Å². The van der Waals surface area contributed by atoms with E-state index in [0.717, 1.165) is 5.56 Å². The van der Waals surface area contributed by atoms with Crippen molar-refractivity contribution >= 4 is 23.5 Å². The first-order valence-corrected chi connectivity index (χ1v) is 8.82. The summed E-state index contributed by atoms with van der Waals surface area (Å²) in [6.45, 7) is 1.54. The number of halogens is 1. The second-order valence-corrected chi connectivity index (χ2v) is 6.42. The maximum absolute atomic E-state index is 12.3. The van der Waals surface area contributed by atoms with E-state index in [9.17, 15) is 14.7 Å². The van der Waals surface area contributed by atoms with Gasteiger partial charge in [0.2, 0.25) is 0 Å². The van der Waals surface area contributed by atoms with Gasteiger partial charge in [-0.05, 0) is 48.4 Å².